The molecule has 0 unspecified atom stereocenters. The predicted molar refractivity (Wildman–Crippen MR) is 101 cm³/mol. The standard InChI is InChI=1S/C21H26N2O/c1-3-23(16-18-9-4-7-13-21(18)24-2)14-8-10-17-15-22-20-12-6-5-11-19(17)20/h4-7,9,11-13,15,22H,3,8,10,14,16H2,1-2H3. The van der Waals surface area contributed by atoms with Crippen LogP contribution in [-0.2, 0) is 13.0 Å². The lowest BCUT2D eigenvalue weighted by Gasteiger charge is -2.21. The summed E-state index contributed by atoms with van der Waals surface area (Å²) in [5.74, 6) is 0.979. The summed E-state index contributed by atoms with van der Waals surface area (Å²) in [7, 11) is 1.74. The number of H-pyrrole nitrogens is 1. The molecule has 0 bridgehead atoms. The predicted octanol–water partition coefficient (Wildman–Crippen LogP) is 4.63. The van der Waals surface area contributed by atoms with Crippen molar-refractivity contribution >= 4 is 10.9 Å². The van der Waals surface area contributed by atoms with Gasteiger partial charge < -0.3 is 9.72 Å². The number of aryl methyl sites for hydroxylation is 1. The lowest BCUT2D eigenvalue weighted by molar-refractivity contribution is 0.271. The number of ether oxygens (including phenoxy) is 1. The van der Waals surface area contributed by atoms with Crippen molar-refractivity contribution in [3.8, 4) is 5.75 Å². The summed E-state index contributed by atoms with van der Waals surface area (Å²) in [6.07, 6.45) is 4.42. The SMILES string of the molecule is CCN(CCCc1c[nH]c2ccccc12)Cc1ccccc1OC. The van der Waals surface area contributed by atoms with Crippen molar-refractivity contribution in [2.24, 2.45) is 0 Å². The zero-order valence-electron chi connectivity index (χ0n) is 14.6. The molecule has 0 aliphatic rings. The van der Waals surface area contributed by atoms with Gasteiger partial charge in [0.15, 0.2) is 0 Å². The minimum atomic E-state index is 0.939. The minimum absolute atomic E-state index is 0.939. The van der Waals surface area contributed by atoms with Crippen LogP contribution in [0.25, 0.3) is 10.9 Å². The number of aromatic nitrogens is 1. The minimum Gasteiger partial charge on any atom is -0.496 e. The third-order valence-corrected chi connectivity index (χ3v) is 4.63. The van der Waals surface area contributed by atoms with Gasteiger partial charge in [0.05, 0.1) is 7.11 Å². The van der Waals surface area contributed by atoms with E-state index in [-0.39, 0.29) is 0 Å². The highest BCUT2D eigenvalue weighted by Crippen LogP contribution is 2.21. The number of rotatable bonds is 8. The van der Waals surface area contributed by atoms with Crippen molar-refractivity contribution in [3.05, 3.63) is 65.9 Å². The zero-order valence-corrected chi connectivity index (χ0v) is 14.6. The molecule has 2 aromatic carbocycles. The van der Waals surface area contributed by atoms with Gasteiger partial charge in [-0.05, 0) is 43.6 Å². The summed E-state index contributed by atoms with van der Waals surface area (Å²) in [5.41, 5.74) is 3.90. The monoisotopic (exact) mass is 322 g/mol. The fraction of sp³-hybridized carbons (Fsp3) is 0.333. The van der Waals surface area contributed by atoms with Crippen molar-refractivity contribution in [1.82, 2.24) is 9.88 Å². The maximum absolute atomic E-state index is 5.47. The molecule has 0 aliphatic carbocycles. The number of nitrogens with zero attached hydrogens (tertiary/aromatic N) is 1. The van der Waals surface area contributed by atoms with Crippen LogP contribution in [0.4, 0.5) is 0 Å². The van der Waals surface area contributed by atoms with Crippen LogP contribution in [0.15, 0.2) is 54.7 Å². The molecule has 0 atom stereocenters. The van der Waals surface area contributed by atoms with E-state index in [0.717, 1.165) is 38.2 Å². The topological polar surface area (TPSA) is 28.3 Å². The Balaban J connectivity index is 1.58. The summed E-state index contributed by atoms with van der Waals surface area (Å²) in [5, 5.41) is 1.35. The third kappa shape index (κ3) is 3.80. The van der Waals surface area contributed by atoms with Crippen LogP contribution in [0.5, 0.6) is 5.75 Å². The van der Waals surface area contributed by atoms with E-state index >= 15 is 0 Å². The van der Waals surface area contributed by atoms with Crippen LogP contribution in [0.3, 0.4) is 0 Å². The quantitative estimate of drug-likeness (QED) is 0.655. The van der Waals surface area contributed by atoms with Gasteiger partial charge in [0.2, 0.25) is 0 Å². The van der Waals surface area contributed by atoms with E-state index in [1.165, 1.54) is 22.0 Å². The molecule has 0 fully saturated rings. The van der Waals surface area contributed by atoms with Crippen molar-refractivity contribution in [2.75, 3.05) is 20.2 Å². The first-order chi connectivity index (χ1) is 11.8. The molecular formula is C21H26N2O. The molecule has 0 saturated heterocycles. The number of methoxy groups -OCH3 is 1. The highest BCUT2D eigenvalue weighted by Gasteiger charge is 2.09. The lowest BCUT2D eigenvalue weighted by atomic mass is 10.1. The fourth-order valence-electron chi connectivity index (χ4n) is 3.26. The van der Waals surface area contributed by atoms with E-state index in [1.54, 1.807) is 7.11 Å². The molecule has 0 spiro atoms. The molecule has 3 nitrogen and oxygen atoms in total. The van der Waals surface area contributed by atoms with Crippen LogP contribution >= 0.6 is 0 Å². The van der Waals surface area contributed by atoms with Gasteiger partial charge in [0.1, 0.15) is 5.75 Å². The van der Waals surface area contributed by atoms with Gasteiger partial charge in [0.25, 0.3) is 0 Å². The maximum atomic E-state index is 5.47. The number of nitrogens with one attached hydrogen (secondary N) is 1. The van der Waals surface area contributed by atoms with E-state index in [0.29, 0.717) is 0 Å². The van der Waals surface area contributed by atoms with Gasteiger partial charge in [-0.15, -0.1) is 0 Å². The van der Waals surface area contributed by atoms with Gasteiger partial charge in [-0.3, -0.25) is 4.90 Å². The number of benzene rings is 2. The van der Waals surface area contributed by atoms with Gasteiger partial charge in [0, 0.05) is 29.2 Å². The molecule has 0 amide bonds. The molecule has 3 rings (SSSR count). The molecular weight excluding hydrogens is 296 g/mol. The second kappa shape index (κ2) is 8.02. The van der Waals surface area contributed by atoms with Crippen LogP contribution in [0.1, 0.15) is 24.5 Å². The Morgan fingerprint density at radius 3 is 2.62 bits per heavy atom. The lowest BCUT2D eigenvalue weighted by Crippen LogP contribution is -2.24. The third-order valence-electron chi connectivity index (χ3n) is 4.63. The van der Waals surface area contributed by atoms with Crippen molar-refractivity contribution in [2.45, 2.75) is 26.3 Å². The van der Waals surface area contributed by atoms with E-state index in [1.807, 2.05) is 12.1 Å². The molecule has 1 aromatic heterocycles. The van der Waals surface area contributed by atoms with E-state index < -0.39 is 0 Å². The fourth-order valence-corrected chi connectivity index (χ4v) is 3.26. The first-order valence-electron chi connectivity index (χ1n) is 8.71. The van der Waals surface area contributed by atoms with E-state index in [9.17, 15) is 0 Å². The Labute approximate surface area is 144 Å². The summed E-state index contributed by atoms with van der Waals surface area (Å²) in [4.78, 5) is 5.84. The Hall–Kier alpha value is -2.26. The smallest absolute Gasteiger partial charge is 0.123 e. The number of hydrogen-bond donors (Lipinski definition) is 1. The molecule has 0 saturated carbocycles. The number of para-hydroxylation sites is 2. The Bertz CT molecular complexity index is 778. The Morgan fingerprint density at radius 2 is 1.79 bits per heavy atom. The van der Waals surface area contributed by atoms with Crippen molar-refractivity contribution < 1.29 is 4.74 Å². The van der Waals surface area contributed by atoms with Crippen molar-refractivity contribution in [1.29, 1.82) is 0 Å². The first-order valence-corrected chi connectivity index (χ1v) is 8.71. The van der Waals surface area contributed by atoms with E-state index in [2.05, 4.69) is 59.4 Å². The molecule has 24 heavy (non-hydrogen) atoms. The summed E-state index contributed by atoms with van der Waals surface area (Å²) < 4.78 is 5.47. The zero-order chi connectivity index (χ0) is 16.8. The van der Waals surface area contributed by atoms with Crippen LogP contribution < -0.4 is 4.74 Å². The molecule has 0 aliphatic heterocycles. The van der Waals surface area contributed by atoms with Gasteiger partial charge in [-0.1, -0.05) is 43.3 Å². The molecule has 126 valence electrons. The summed E-state index contributed by atoms with van der Waals surface area (Å²) in [6, 6.07) is 16.8. The summed E-state index contributed by atoms with van der Waals surface area (Å²) in [6.45, 7) is 5.30. The molecule has 1 N–H and O–H groups in total. The molecule has 3 aromatic rings. The largest absolute Gasteiger partial charge is 0.496 e. The second-order valence-corrected chi connectivity index (χ2v) is 6.14. The average molecular weight is 322 g/mol. The molecule has 1 heterocycles. The highest BCUT2D eigenvalue weighted by atomic mass is 16.5. The maximum Gasteiger partial charge on any atom is 0.123 e. The van der Waals surface area contributed by atoms with Crippen molar-refractivity contribution in [3.63, 3.8) is 0 Å². The summed E-state index contributed by atoms with van der Waals surface area (Å²) >= 11 is 0. The van der Waals surface area contributed by atoms with Crippen LogP contribution in [-0.4, -0.2) is 30.1 Å². The van der Waals surface area contributed by atoms with Crippen LogP contribution in [0, 0.1) is 0 Å². The Kier molecular flexibility index (Phi) is 5.55. The second-order valence-electron chi connectivity index (χ2n) is 6.14. The van der Waals surface area contributed by atoms with Gasteiger partial charge in [-0.2, -0.15) is 0 Å². The van der Waals surface area contributed by atoms with Crippen LogP contribution in [0.2, 0.25) is 0 Å². The molecule has 0 radical (unpaired) electrons. The first kappa shape index (κ1) is 16.6. The number of aromatic amines is 1. The highest BCUT2D eigenvalue weighted by molar-refractivity contribution is 5.82. The number of fused-ring (bicyclic) bond motifs is 1. The van der Waals surface area contributed by atoms with E-state index in [4.69, 9.17) is 4.74 Å². The average Bonchev–Trinajstić information content (AvgIpc) is 3.04. The number of hydrogen-bond acceptors (Lipinski definition) is 2. The Morgan fingerprint density at radius 1 is 1.00 bits per heavy atom. The normalized spacial score (nSPS) is 11.3. The van der Waals surface area contributed by atoms with Gasteiger partial charge >= 0.3 is 0 Å². The van der Waals surface area contributed by atoms with Gasteiger partial charge in [-0.25, -0.2) is 0 Å². The molecule has 3 heteroatoms.